The fourth-order valence-electron chi connectivity index (χ4n) is 1.05. The second-order valence-electron chi connectivity index (χ2n) is 2.85. The van der Waals surface area contributed by atoms with Crippen molar-refractivity contribution in [2.45, 2.75) is 32.7 Å². The highest BCUT2D eigenvalue weighted by Gasteiger charge is 1.99. The van der Waals surface area contributed by atoms with Crippen LogP contribution in [0.5, 0.6) is 0 Å². The third-order valence-corrected chi connectivity index (χ3v) is 2.75. The van der Waals surface area contributed by atoms with Gasteiger partial charge in [0.2, 0.25) is 0 Å². The molecule has 0 aromatic carbocycles. The molecule has 2 nitrogen and oxygen atoms in total. The number of unbranched alkanes of at least 4 members (excludes halogenated alkanes) is 1. The zero-order valence-electron chi connectivity index (χ0n) is 7.76. The molecule has 0 saturated heterocycles. The number of hydrogen-bond donors (Lipinski definition) is 1. The summed E-state index contributed by atoms with van der Waals surface area (Å²) in [7, 11) is 1.96. The van der Waals surface area contributed by atoms with Gasteiger partial charge in [0.25, 0.3) is 0 Å². The maximum absolute atomic E-state index is 4.35. The van der Waals surface area contributed by atoms with Crippen LogP contribution in [0, 0.1) is 0 Å². The normalized spacial score (nSPS) is 10.5. The molecule has 0 aliphatic heterocycles. The van der Waals surface area contributed by atoms with E-state index in [1.54, 1.807) is 0 Å². The summed E-state index contributed by atoms with van der Waals surface area (Å²) >= 11 is 1.82. The van der Waals surface area contributed by atoms with Crippen LogP contribution < -0.4 is 5.32 Å². The Balaban J connectivity index is 2.41. The average Bonchev–Trinajstić information content (AvgIpc) is 2.50. The Kier molecular flexibility index (Phi) is 4.25. The van der Waals surface area contributed by atoms with Gasteiger partial charge in [-0.05, 0) is 19.9 Å². The molecule has 1 heterocycles. The highest BCUT2D eigenvalue weighted by Crippen LogP contribution is 2.14. The summed E-state index contributed by atoms with van der Waals surface area (Å²) in [4.78, 5) is 5.69. The molecule has 1 rings (SSSR count). The molecule has 0 atom stereocenters. The first kappa shape index (κ1) is 9.68. The van der Waals surface area contributed by atoms with Crippen molar-refractivity contribution < 1.29 is 0 Å². The fraction of sp³-hybridized carbons (Fsp3) is 0.667. The SMILES string of the molecule is CCCCc1ncc(CNC)s1. The van der Waals surface area contributed by atoms with Crippen LogP contribution in [0.15, 0.2) is 6.20 Å². The molecule has 0 bridgehead atoms. The Hall–Kier alpha value is -0.410. The first-order valence-electron chi connectivity index (χ1n) is 4.45. The maximum atomic E-state index is 4.35. The summed E-state index contributed by atoms with van der Waals surface area (Å²) in [6.07, 6.45) is 5.63. The largest absolute Gasteiger partial charge is 0.315 e. The molecule has 0 aliphatic rings. The second-order valence-corrected chi connectivity index (χ2v) is 4.05. The molecule has 68 valence electrons. The van der Waals surface area contributed by atoms with E-state index in [2.05, 4.69) is 17.2 Å². The van der Waals surface area contributed by atoms with Gasteiger partial charge in [-0.1, -0.05) is 13.3 Å². The van der Waals surface area contributed by atoms with Crippen LogP contribution in [-0.4, -0.2) is 12.0 Å². The monoisotopic (exact) mass is 184 g/mol. The van der Waals surface area contributed by atoms with Crippen LogP contribution in [0.3, 0.4) is 0 Å². The molecule has 1 N–H and O–H groups in total. The zero-order chi connectivity index (χ0) is 8.81. The molecule has 0 saturated carbocycles. The quantitative estimate of drug-likeness (QED) is 0.759. The van der Waals surface area contributed by atoms with Gasteiger partial charge in [-0.25, -0.2) is 4.98 Å². The molecule has 0 unspecified atom stereocenters. The van der Waals surface area contributed by atoms with Gasteiger partial charge in [0.05, 0.1) is 5.01 Å². The van der Waals surface area contributed by atoms with Gasteiger partial charge < -0.3 is 5.32 Å². The first-order valence-corrected chi connectivity index (χ1v) is 5.26. The molecule has 0 amide bonds. The second kappa shape index (κ2) is 5.27. The molecule has 0 fully saturated rings. The summed E-state index contributed by atoms with van der Waals surface area (Å²) < 4.78 is 0. The Bertz CT molecular complexity index is 220. The number of aromatic nitrogens is 1. The van der Waals surface area contributed by atoms with Crippen molar-refractivity contribution in [3.05, 3.63) is 16.1 Å². The Labute approximate surface area is 78.0 Å². The Morgan fingerprint density at radius 3 is 3.08 bits per heavy atom. The van der Waals surface area contributed by atoms with Crippen LogP contribution in [-0.2, 0) is 13.0 Å². The van der Waals surface area contributed by atoms with E-state index in [4.69, 9.17) is 0 Å². The molecule has 0 aliphatic carbocycles. The van der Waals surface area contributed by atoms with Crippen LogP contribution in [0.4, 0.5) is 0 Å². The van der Waals surface area contributed by atoms with Crippen LogP contribution in [0.2, 0.25) is 0 Å². The highest BCUT2D eigenvalue weighted by atomic mass is 32.1. The van der Waals surface area contributed by atoms with E-state index >= 15 is 0 Å². The van der Waals surface area contributed by atoms with E-state index in [9.17, 15) is 0 Å². The van der Waals surface area contributed by atoms with Gasteiger partial charge in [-0.2, -0.15) is 0 Å². The number of nitrogens with one attached hydrogen (secondary N) is 1. The number of thiazole rings is 1. The summed E-state index contributed by atoms with van der Waals surface area (Å²) in [5, 5.41) is 4.40. The van der Waals surface area contributed by atoms with Crippen molar-refractivity contribution in [3.8, 4) is 0 Å². The fourth-order valence-corrected chi connectivity index (χ4v) is 2.02. The number of hydrogen-bond acceptors (Lipinski definition) is 3. The minimum Gasteiger partial charge on any atom is -0.315 e. The van der Waals surface area contributed by atoms with Gasteiger partial charge in [0.1, 0.15) is 0 Å². The third kappa shape index (κ3) is 2.91. The molecule has 0 spiro atoms. The summed E-state index contributed by atoms with van der Waals surface area (Å²) in [5.74, 6) is 0. The molecule has 0 radical (unpaired) electrons. The predicted molar refractivity (Wildman–Crippen MR) is 53.5 cm³/mol. The third-order valence-electron chi connectivity index (χ3n) is 1.70. The van der Waals surface area contributed by atoms with Crippen LogP contribution >= 0.6 is 11.3 Å². The molecule has 3 heteroatoms. The number of nitrogens with zero attached hydrogens (tertiary/aromatic N) is 1. The van der Waals surface area contributed by atoms with E-state index in [0.717, 1.165) is 13.0 Å². The molecule has 1 aromatic heterocycles. The number of aryl methyl sites for hydroxylation is 1. The first-order chi connectivity index (χ1) is 5.86. The van der Waals surface area contributed by atoms with E-state index in [1.165, 1.54) is 22.7 Å². The van der Waals surface area contributed by atoms with E-state index in [0.29, 0.717) is 0 Å². The smallest absolute Gasteiger partial charge is 0.0928 e. The lowest BCUT2D eigenvalue weighted by molar-refractivity contribution is 0.789. The highest BCUT2D eigenvalue weighted by molar-refractivity contribution is 7.11. The van der Waals surface area contributed by atoms with Gasteiger partial charge in [0.15, 0.2) is 0 Å². The van der Waals surface area contributed by atoms with Crippen LogP contribution in [0.25, 0.3) is 0 Å². The summed E-state index contributed by atoms with van der Waals surface area (Å²) in [6, 6.07) is 0. The number of rotatable bonds is 5. The predicted octanol–water partition coefficient (Wildman–Crippen LogP) is 2.21. The van der Waals surface area contributed by atoms with E-state index in [1.807, 2.05) is 24.6 Å². The molecule has 12 heavy (non-hydrogen) atoms. The van der Waals surface area contributed by atoms with Crippen molar-refractivity contribution in [1.82, 2.24) is 10.3 Å². The average molecular weight is 184 g/mol. The lowest BCUT2D eigenvalue weighted by Gasteiger charge is -1.92. The minimum atomic E-state index is 0.948. The molecular weight excluding hydrogens is 168 g/mol. The molecular formula is C9H16N2S. The Morgan fingerprint density at radius 1 is 1.58 bits per heavy atom. The minimum absolute atomic E-state index is 0.948. The van der Waals surface area contributed by atoms with Crippen molar-refractivity contribution in [2.75, 3.05) is 7.05 Å². The van der Waals surface area contributed by atoms with E-state index < -0.39 is 0 Å². The molecule has 1 aromatic rings. The van der Waals surface area contributed by atoms with Crippen molar-refractivity contribution in [1.29, 1.82) is 0 Å². The zero-order valence-corrected chi connectivity index (χ0v) is 8.58. The van der Waals surface area contributed by atoms with Crippen molar-refractivity contribution in [3.63, 3.8) is 0 Å². The Morgan fingerprint density at radius 2 is 2.42 bits per heavy atom. The van der Waals surface area contributed by atoms with Gasteiger partial charge in [0, 0.05) is 17.6 Å². The van der Waals surface area contributed by atoms with Gasteiger partial charge in [-0.3, -0.25) is 0 Å². The van der Waals surface area contributed by atoms with Crippen LogP contribution in [0.1, 0.15) is 29.7 Å². The van der Waals surface area contributed by atoms with E-state index in [-0.39, 0.29) is 0 Å². The summed E-state index contributed by atoms with van der Waals surface area (Å²) in [5.41, 5.74) is 0. The summed E-state index contributed by atoms with van der Waals surface area (Å²) in [6.45, 7) is 3.16. The standard InChI is InChI=1S/C9H16N2S/c1-3-4-5-9-11-7-8(12-9)6-10-2/h7,10H,3-6H2,1-2H3. The van der Waals surface area contributed by atoms with Crippen molar-refractivity contribution >= 4 is 11.3 Å². The maximum Gasteiger partial charge on any atom is 0.0928 e. The van der Waals surface area contributed by atoms with Gasteiger partial charge in [-0.15, -0.1) is 11.3 Å². The van der Waals surface area contributed by atoms with Gasteiger partial charge >= 0.3 is 0 Å². The lowest BCUT2D eigenvalue weighted by Crippen LogP contribution is -2.02. The van der Waals surface area contributed by atoms with Crippen molar-refractivity contribution in [2.24, 2.45) is 0 Å². The topological polar surface area (TPSA) is 24.9 Å². The lowest BCUT2D eigenvalue weighted by atomic mass is 10.3.